The number of aromatic hydroxyl groups is 1. The van der Waals surface area contributed by atoms with Crippen molar-refractivity contribution in [1.29, 1.82) is 0 Å². The van der Waals surface area contributed by atoms with E-state index >= 15 is 0 Å². The minimum atomic E-state index is -0.172. The summed E-state index contributed by atoms with van der Waals surface area (Å²) in [6.07, 6.45) is 5.23. The lowest BCUT2D eigenvalue weighted by atomic mass is 9.95. The van der Waals surface area contributed by atoms with E-state index in [1.165, 1.54) is 6.07 Å². The number of benzene rings is 1. The number of carbonyl (C=O) groups is 1. The molecule has 2 atom stereocenters. The molecule has 1 aromatic rings. The summed E-state index contributed by atoms with van der Waals surface area (Å²) in [6.45, 7) is 1.96. The van der Waals surface area contributed by atoms with Crippen LogP contribution in [0.1, 0.15) is 48.0 Å². The standard InChI is InChI=1S/C16H23NO3/c1-11-7-13(9-14(19)8-11)16(20)17-15-6-4-2-3-5-12(15)10-18/h7-9,12,15,18-19H,2-6,10H2,1H3,(H,17,20). The van der Waals surface area contributed by atoms with Gasteiger partial charge in [-0.3, -0.25) is 4.79 Å². The molecule has 1 aliphatic carbocycles. The molecule has 1 aromatic carbocycles. The largest absolute Gasteiger partial charge is 0.508 e. The smallest absolute Gasteiger partial charge is 0.251 e. The molecule has 3 N–H and O–H groups in total. The van der Waals surface area contributed by atoms with E-state index in [0.29, 0.717) is 5.56 Å². The van der Waals surface area contributed by atoms with Crippen LogP contribution >= 0.6 is 0 Å². The van der Waals surface area contributed by atoms with Crippen molar-refractivity contribution >= 4 is 5.91 Å². The van der Waals surface area contributed by atoms with Gasteiger partial charge in [-0.15, -0.1) is 0 Å². The van der Waals surface area contributed by atoms with Gasteiger partial charge in [-0.1, -0.05) is 19.3 Å². The molecule has 0 aliphatic heterocycles. The van der Waals surface area contributed by atoms with Crippen molar-refractivity contribution in [3.8, 4) is 5.75 Å². The van der Waals surface area contributed by atoms with Gasteiger partial charge in [0.25, 0.3) is 5.91 Å². The van der Waals surface area contributed by atoms with Crippen molar-refractivity contribution in [3.05, 3.63) is 29.3 Å². The van der Waals surface area contributed by atoms with Gasteiger partial charge in [0.1, 0.15) is 5.75 Å². The Kier molecular flexibility index (Phi) is 5.01. The summed E-state index contributed by atoms with van der Waals surface area (Å²) in [6, 6.07) is 4.89. The number of aryl methyl sites for hydroxylation is 1. The van der Waals surface area contributed by atoms with E-state index in [4.69, 9.17) is 0 Å². The van der Waals surface area contributed by atoms with Gasteiger partial charge in [-0.05, 0) is 43.5 Å². The monoisotopic (exact) mass is 277 g/mol. The molecule has 4 nitrogen and oxygen atoms in total. The summed E-state index contributed by atoms with van der Waals surface area (Å²) in [4.78, 5) is 12.3. The normalized spacial score (nSPS) is 23.1. The molecule has 1 fully saturated rings. The molecule has 110 valence electrons. The second kappa shape index (κ2) is 6.75. The molecule has 2 rings (SSSR count). The van der Waals surface area contributed by atoms with Crippen LogP contribution in [0, 0.1) is 12.8 Å². The van der Waals surface area contributed by atoms with Crippen molar-refractivity contribution in [1.82, 2.24) is 5.32 Å². The summed E-state index contributed by atoms with van der Waals surface area (Å²) < 4.78 is 0. The molecule has 0 saturated heterocycles. The highest BCUT2D eigenvalue weighted by Gasteiger charge is 2.25. The van der Waals surface area contributed by atoms with Gasteiger partial charge in [0.05, 0.1) is 0 Å². The third-order valence-electron chi connectivity index (χ3n) is 4.03. The van der Waals surface area contributed by atoms with Crippen LogP contribution in [0.15, 0.2) is 18.2 Å². The summed E-state index contributed by atoms with van der Waals surface area (Å²) in [5.74, 6) is 0.0731. The summed E-state index contributed by atoms with van der Waals surface area (Å²) in [7, 11) is 0. The second-order valence-corrected chi connectivity index (χ2v) is 5.72. The molecule has 20 heavy (non-hydrogen) atoms. The molecule has 1 aliphatic rings. The number of aliphatic hydroxyl groups excluding tert-OH is 1. The zero-order chi connectivity index (χ0) is 14.5. The maximum atomic E-state index is 12.3. The van der Waals surface area contributed by atoms with E-state index in [0.717, 1.165) is 37.7 Å². The zero-order valence-corrected chi connectivity index (χ0v) is 11.9. The van der Waals surface area contributed by atoms with Gasteiger partial charge in [-0.2, -0.15) is 0 Å². The van der Waals surface area contributed by atoms with Crippen molar-refractivity contribution in [2.24, 2.45) is 5.92 Å². The van der Waals surface area contributed by atoms with Crippen LogP contribution in [0.3, 0.4) is 0 Å². The fourth-order valence-corrected chi connectivity index (χ4v) is 2.94. The number of amides is 1. The van der Waals surface area contributed by atoms with Crippen LogP contribution in [0.25, 0.3) is 0 Å². The van der Waals surface area contributed by atoms with E-state index in [9.17, 15) is 15.0 Å². The molecular formula is C16H23NO3. The highest BCUT2D eigenvalue weighted by molar-refractivity contribution is 5.95. The minimum absolute atomic E-state index is 0.0256. The van der Waals surface area contributed by atoms with Crippen molar-refractivity contribution in [2.45, 2.75) is 45.1 Å². The van der Waals surface area contributed by atoms with Gasteiger partial charge in [0.2, 0.25) is 0 Å². The predicted molar refractivity (Wildman–Crippen MR) is 77.8 cm³/mol. The predicted octanol–water partition coefficient (Wildman–Crippen LogP) is 2.37. The van der Waals surface area contributed by atoms with Crippen LogP contribution in [0.2, 0.25) is 0 Å². The van der Waals surface area contributed by atoms with E-state index in [1.54, 1.807) is 12.1 Å². The highest BCUT2D eigenvalue weighted by Crippen LogP contribution is 2.24. The lowest BCUT2D eigenvalue weighted by Gasteiger charge is -2.24. The number of phenols is 1. The van der Waals surface area contributed by atoms with Crippen LogP contribution in [-0.2, 0) is 0 Å². The Morgan fingerprint density at radius 1 is 1.25 bits per heavy atom. The summed E-state index contributed by atoms with van der Waals surface area (Å²) in [5, 5.41) is 22.1. The molecule has 4 heteroatoms. The Morgan fingerprint density at radius 2 is 2.00 bits per heavy atom. The molecule has 0 radical (unpaired) electrons. The lowest BCUT2D eigenvalue weighted by molar-refractivity contribution is 0.0899. The molecule has 1 amide bonds. The molecule has 0 heterocycles. The number of carbonyl (C=O) groups excluding carboxylic acids is 1. The van der Waals surface area contributed by atoms with Gasteiger partial charge in [0.15, 0.2) is 0 Å². The average molecular weight is 277 g/mol. The van der Waals surface area contributed by atoms with Crippen molar-refractivity contribution in [2.75, 3.05) is 6.61 Å². The number of hydrogen-bond acceptors (Lipinski definition) is 3. The van der Waals surface area contributed by atoms with E-state index in [1.807, 2.05) is 6.92 Å². The van der Waals surface area contributed by atoms with E-state index in [-0.39, 0.29) is 30.2 Å². The Balaban J connectivity index is 2.08. The number of phenolic OH excluding ortho intramolecular Hbond substituents is 1. The van der Waals surface area contributed by atoms with E-state index < -0.39 is 0 Å². The van der Waals surface area contributed by atoms with Gasteiger partial charge < -0.3 is 15.5 Å². The Hall–Kier alpha value is -1.55. The SMILES string of the molecule is Cc1cc(O)cc(C(=O)NC2CCCCCC2CO)c1. The third kappa shape index (κ3) is 3.73. The first-order valence-corrected chi connectivity index (χ1v) is 7.32. The first-order chi connectivity index (χ1) is 9.60. The molecule has 0 bridgehead atoms. The zero-order valence-electron chi connectivity index (χ0n) is 11.9. The van der Waals surface area contributed by atoms with Crippen LogP contribution in [0.5, 0.6) is 5.75 Å². The number of hydrogen-bond donors (Lipinski definition) is 3. The van der Waals surface area contributed by atoms with Crippen molar-refractivity contribution < 1.29 is 15.0 Å². The molecule has 0 aromatic heterocycles. The maximum Gasteiger partial charge on any atom is 0.251 e. The van der Waals surface area contributed by atoms with Crippen LogP contribution < -0.4 is 5.32 Å². The summed E-state index contributed by atoms with van der Waals surface area (Å²) >= 11 is 0. The lowest BCUT2D eigenvalue weighted by Crippen LogP contribution is -2.41. The molecule has 0 spiro atoms. The fraction of sp³-hybridized carbons (Fsp3) is 0.562. The average Bonchev–Trinajstić information content (AvgIpc) is 2.62. The highest BCUT2D eigenvalue weighted by atomic mass is 16.3. The Bertz CT molecular complexity index is 453. The number of aliphatic hydroxyl groups is 1. The van der Waals surface area contributed by atoms with Crippen molar-refractivity contribution in [3.63, 3.8) is 0 Å². The Morgan fingerprint density at radius 3 is 2.70 bits per heavy atom. The van der Waals surface area contributed by atoms with Gasteiger partial charge in [-0.25, -0.2) is 0 Å². The molecular weight excluding hydrogens is 254 g/mol. The minimum Gasteiger partial charge on any atom is -0.508 e. The second-order valence-electron chi connectivity index (χ2n) is 5.72. The van der Waals surface area contributed by atoms with Crippen LogP contribution in [-0.4, -0.2) is 28.8 Å². The third-order valence-corrected chi connectivity index (χ3v) is 4.03. The van der Waals surface area contributed by atoms with Gasteiger partial charge >= 0.3 is 0 Å². The molecule has 2 unspecified atom stereocenters. The van der Waals surface area contributed by atoms with Gasteiger partial charge in [0, 0.05) is 24.1 Å². The first kappa shape index (κ1) is 14.9. The van der Waals surface area contributed by atoms with E-state index in [2.05, 4.69) is 5.32 Å². The molecule has 1 saturated carbocycles. The number of nitrogens with one attached hydrogen (secondary N) is 1. The summed E-state index contributed by atoms with van der Waals surface area (Å²) in [5.41, 5.74) is 1.33. The maximum absolute atomic E-state index is 12.3. The number of rotatable bonds is 3. The quantitative estimate of drug-likeness (QED) is 0.743. The Labute approximate surface area is 119 Å². The fourth-order valence-electron chi connectivity index (χ4n) is 2.94. The topological polar surface area (TPSA) is 69.6 Å². The van der Waals surface area contributed by atoms with Crippen LogP contribution in [0.4, 0.5) is 0 Å². The first-order valence-electron chi connectivity index (χ1n) is 7.32.